The second-order valence-electron chi connectivity index (χ2n) is 5.13. The van der Waals surface area contributed by atoms with E-state index in [2.05, 4.69) is 15.6 Å². The van der Waals surface area contributed by atoms with Crippen LogP contribution in [0.4, 0.5) is 10.6 Å². The van der Waals surface area contributed by atoms with Crippen LogP contribution in [0.2, 0.25) is 0 Å². The summed E-state index contributed by atoms with van der Waals surface area (Å²) < 4.78 is 7.04. The van der Waals surface area contributed by atoms with Gasteiger partial charge in [-0.2, -0.15) is 0 Å². The molecule has 1 aromatic carbocycles. The van der Waals surface area contributed by atoms with Gasteiger partial charge in [-0.05, 0) is 13.0 Å². The van der Waals surface area contributed by atoms with E-state index < -0.39 is 6.03 Å². The van der Waals surface area contributed by atoms with Crippen LogP contribution in [0.1, 0.15) is 18.5 Å². The molecule has 0 saturated heterocycles. The number of urea groups is 1. The zero-order valence-electron chi connectivity index (χ0n) is 12.2. The van der Waals surface area contributed by atoms with Crippen molar-refractivity contribution in [3.05, 3.63) is 52.6 Å². The van der Waals surface area contributed by atoms with Crippen molar-refractivity contribution in [2.45, 2.75) is 19.1 Å². The number of nitrogens with zero attached hydrogens (tertiary/aromatic N) is 2. The number of hydrogen-bond acceptors (Lipinski definition) is 4. The van der Waals surface area contributed by atoms with Gasteiger partial charge in [0.2, 0.25) is 5.82 Å². The summed E-state index contributed by atoms with van der Waals surface area (Å²) in [6, 6.07) is 6.77. The van der Waals surface area contributed by atoms with Crippen molar-refractivity contribution in [2.24, 2.45) is 7.05 Å². The number of aromatic nitrogens is 2. The topological polar surface area (TPSA) is 85.2 Å². The molecule has 7 heteroatoms. The number of benzene rings is 1. The maximum atomic E-state index is 12.1. The predicted octanol–water partition coefficient (Wildman–Crippen LogP) is 1.42. The molecule has 0 radical (unpaired) electrons. The minimum Gasteiger partial charge on any atom is -0.488 e. The normalized spacial score (nSPS) is 19.2. The first-order chi connectivity index (χ1) is 10.6. The van der Waals surface area contributed by atoms with Gasteiger partial charge in [0.05, 0.1) is 6.04 Å². The Morgan fingerprint density at radius 1 is 1.36 bits per heavy atom. The molecule has 2 aromatic rings. The van der Waals surface area contributed by atoms with E-state index in [1.54, 1.807) is 7.05 Å². The molecular formula is C15H16N4O3. The fourth-order valence-corrected chi connectivity index (χ4v) is 2.43. The summed E-state index contributed by atoms with van der Waals surface area (Å²) >= 11 is 0. The molecule has 114 valence electrons. The minimum absolute atomic E-state index is 0.0117. The third kappa shape index (κ3) is 2.52. The molecule has 0 unspecified atom stereocenters. The summed E-state index contributed by atoms with van der Waals surface area (Å²) in [5.74, 6) is 0.747. The first-order valence-electron chi connectivity index (χ1n) is 6.91. The standard InChI is InChI=1S/C15H16N4O3/c1-9-12(10-5-3-4-6-11(10)22-9)17-15(21)18-13-14(20)19(2)8-7-16-13/h3-9,12H,1-2H3,(H2,16,17,18,21)/t9-,12+/m0/s1. The highest BCUT2D eigenvalue weighted by Crippen LogP contribution is 2.35. The van der Waals surface area contributed by atoms with Crippen molar-refractivity contribution < 1.29 is 9.53 Å². The Balaban J connectivity index is 1.75. The number of aryl methyl sites for hydroxylation is 1. The van der Waals surface area contributed by atoms with Crippen LogP contribution in [0, 0.1) is 0 Å². The van der Waals surface area contributed by atoms with E-state index in [9.17, 15) is 9.59 Å². The molecule has 22 heavy (non-hydrogen) atoms. The van der Waals surface area contributed by atoms with Gasteiger partial charge >= 0.3 is 6.03 Å². The maximum Gasteiger partial charge on any atom is 0.321 e. The average Bonchev–Trinajstić information content (AvgIpc) is 2.80. The molecule has 0 fully saturated rings. The Morgan fingerprint density at radius 2 is 2.14 bits per heavy atom. The summed E-state index contributed by atoms with van der Waals surface area (Å²) in [6.45, 7) is 1.88. The van der Waals surface area contributed by atoms with Crippen molar-refractivity contribution in [1.82, 2.24) is 14.9 Å². The Hall–Kier alpha value is -2.83. The van der Waals surface area contributed by atoms with Crippen LogP contribution in [-0.4, -0.2) is 21.7 Å². The third-order valence-electron chi connectivity index (χ3n) is 3.57. The van der Waals surface area contributed by atoms with E-state index in [4.69, 9.17) is 4.74 Å². The van der Waals surface area contributed by atoms with Crippen molar-refractivity contribution in [3.8, 4) is 5.75 Å². The average molecular weight is 300 g/mol. The molecule has 2 amide bonds. The molecule has 7 nitrogen and oxygen atoms in total. The predicted molar refractivity (Wildman–Crippen MR) is 80.9 cm³/mol. The fourth-order valence-electron chi connectivity index (χ4n) is 2.43. The van der Waals surface area contributed by atoms with E-state index in [1.165, 1.54) is 17.0 Å². The molecule has 0 saturated carbocycles. The number of para-hydroxylation sites is 1. The highest BCUT2D eigenvalue weighted by molar-refractivity contribution is 5.88. The van der Waals surface area contributed by atoms with Gasteiger partial charge in [0, 0.05) is 25.0 Å². The third-order valence-corrected chi connectivity index (χ3v) is 3.57. The van der Waals surface area contributed by atoms with E-state index in [0.717, 1.165) is 11.3 Å². The lowest BCUT2D eigenvalue weighted by Crippen LogP contribution is -2.38. The number of nitrogens with one attached hydrogen (secondary N) is 2. The van der Waals surface area contributed by atoms with Crippen LogP contribution in [0.25, 0.3) is 0 Å². The van der Waals surface area contributed by atoms with Gasteiger partial charge in [-0.15, -0.1) is 0 Å². The smallest absolute Gasteiger partial charge is 0.321 e. The number of hydrogen-bond donors (Lipinski definition) is 2. The molecule has 1 aliphatic rings. The number of anilines is 1. The molecule has 1 aliphatic heterocycles. The molecule has 0 bridgehead atoms. The quantitative estimate of drug-likeness (QED) is 0.878. The minimum atomic E-state index is -0.493. The molecule has 2 heterocycles. The number of carbonyl (C=O) groups is 1. The molecular weight excluding hydrogens is 284 g/mol. The van der Waals surface area contributed by atoms with Crippen LogP contribution >= 0.6 is 0 Å². The summed E-state index contributed by atoms with van der Waals surface area (Å²) in [5.41, 5.74) is 0.549. The SMILES string of the molecule is C[C@@H]1Oc2ccccc2[C@@H]1NC(=O)Nc1nccn(C)c1=O. The Kier molecular flexibility index (Phi) is 3.54. The molecule has 0 aliphatic carbocycles. The number of carbonyl (C=O) groups excluding carboxylic acids is 1. The van der Waals surface area contributed by atoms with Crippen molar-refractivity contribution in [3.63, 3.8) is 0 Å². The van der Waals surface area contributed by atoms with E-state index in [0.29, 0.717) is 0 Å². The summed E-state index contributed by atoms with van der Waals surface area (Å²) in [5, 5.41) is 5.30. The van der Waals surface area contributed by atoms with E-state index in [1.807, 2.05) is 31.2 Å². The Labute approximate surface area is 126 Å². The second-order valence-corrected chi connectivity index (χ2v) is 5.13. The van der Waals surface area contributed by atoms with Gasteiger partial charge in [-0.1, -0.05) is 18.2 Å². The van der Waals surface area contributed by atoms with Gasteiger partial charge in [-0.25, -0.2) is 9.78 Å². The fraction of sp³-hybridized carbons (Fsp3) is 0.267. The van der Waals surface area contributed by atoms with Crippen LogP contribution in [-0.2, 0) is 7.05 Å². The van der Waals surface area contributed by atoms with Gasteiger partial charge in [0.1, 0.15) is 11.9 Å². The summed E-state index contributed by atoms with van der Waals surface area (Å²) in [4.78, 5) is 27.8. The summed E-state index contributed by atoms with van der Waals surface area (Å²) in [7, 11) is 1.59. The van der Waals surface area contributed by atoms with Gasteiger partial charge in [0.25, 0.3) is 5.56 Å². The number of amides is 2. The monoisotopic (exact) mass is 300 g/mol. The van der Waals surface area contributed by atoms with Crippen molar-refractivity contribution in [1.29, 1.82) is 0 Å². The zero-order chi connectivity index (χ0) is 15.7. The lowest BCUT2D eigenvalue weighted by atomic mass is 10.1. The number of ether oxygens (including phenoxy) is 1. The highest BCUT2D eigenvalue weighted by Gasteiger charge is 2.32. The van der Waals surface area contributed by atoms with Gasteiger partial charge in [0.15, 0.2) is 0 Å². The van der Waals surface area contributed by atoms with Crippen LogP contribution < -0.4 is 20.9 Å². The van der Waals surface area contributed by atoms with E-state index in [-0.39, 0.29) is 23.5 Å². The molecule has 2 atom stereocenters. The Bertz CT molecular complexity index is 771. The van der Waals surface area contributed by atoms with Crippen LogP contribution in [0.3, 0.4) is 0 Å². The lowest BCUT2D eigenvalue weighted by Gasteiger charge is -2.17. The molecule has 0 spiro atoms. The van der Waals surface area contributed by atoms with E-state index >= 15 is 0 Å². The molecule has 2 N–H and O–H groups in total. The van der Waals surface area contributed by atoms with Gasteiger partial charge < -0.3 is 14.6 Å². The molecule has 3 rings (SSSR count). The van der Waals surface area contributed by atoms with Crippen LogP contribution in [0.5, 0.6) is 5.75 Å². The second kappa shape index (κ2) is 5.51. The highest BCUT2D eigenvalue weighted by atomic mass is 16.5. The number of rotatable bonds is 2. The first-order valence-corrected chi connectivity index (χ1v) is 6.91. The summed E-state index contributed by atoms with van der Waals surface area (Å²) in [6.07, 6.45) is 2.79. The van der Waals surface area contributed by atoms with Gasteiger partial charge in [-0.3, -0.25) is 10.1 Å². The Morgan fingerprint density at radius 3 is 2.95 bits per heavy atom. The zero-order valence-corrected chi connectivity index (χ0v) is 12.2. The van der Waals surface area contributed by atoms with Crippen molar-refractivity contribution >= 4 is 11.8 Å². The maximum absolute atomic E-state index is 12.1. The molecule has 1 aromatic heterocycles. The first kappa shape index (κ1) is 14.1. The number of fused-ring (bicyclic) bond motifs is 1. The lowest BCUT2D eigenvalue weighted by molar-refractivity contribution is 0.204. The van der Waals surface area contributed by atoms with Crippen LogP contribution in [0.15, 0.2) is 41.5 Å². The largest absolute Gasteiger partial charge is 0.488 e. The van der Waals surface area contributed by atoms with Crippen molar-refractivity contribution in [2.75, 3.05) is 5.32 Å².